The average Bonchev–Trinajstić information content (AvgIpc) is 2.84. The molecule has 2 heterocycles. The zero-order valence-electron chi connectivity index (χ0n) is 20.1. The van der Waals surface area contributed by atoms with Crippen molar-refractivity contribution in [3.05, 3.63) is 71.4 Å². The number of esters is 1. The largest absolute Gasteiger partial charge is 0.463 e. The van der Waals surface area contributed by atoms with Crippen molar-refractivity contribution in [1.29, 1.82) is 0 Å². The van der Waals surface area contributed by atoms with Crippen molar-refractivity contribution in [1.82, 2.24) is 15.1 Å². The third-order valence-corrected chi connectivity index (χ3v) is 6.49. The minimum atomic E-state index is -0.624. The molecule has 7 nitrogen and oxygen atoms in total. The summed E-state index contributed by atoms with van der Waals surface area (Å²) in [7, 11) is 1.71. The van der Waals surface area contributed by atoms with E-state index in [0.717, 1.165) is 31.5 Å². The van der Waals surface area contributed by atoms with Gasteiger partial charge in [-0.05, 0) is 68.6 Å². The molecule has 2 aromatic carbocycles. The quantitative estimate of drug-likeness (QED) is 0.602. The highest BCUT2D eigenvalue weighted by atomic mass is 16.5. The number of likely N-dealkylation sites (tertiary alicyclic amines) is 1. The minimum Gasteiger partial charge on any atom is -0.463 e. The molecule has 0 bridgehead atoms. The summed E-state index contributed by atoms with van der Waals surface area (Å²) in [6.45, 7) is 6.74. The van der Waals surface area contributed by atoms with Gasteiger partial charge in [0.25, 0.3) is 0 Å². The predicted molar refractivity (Wildman–Crippen MR) is 130 cm³/mol. The van der Waals surface area contributed by atoms with E-state index in [1.165, 1.54) is 0 Å². The fourth-order valence-corrected chi connectivity index (χ4v) is 4.46. The molecule has 0 aliphatic carbocycles. The van der Waals surface area contributed by atoms with E-state index in [1.54, 1.807) is 18.9 Å². The number of para-hydroxylation sites is 1. The number of likely N-dealkylation sites (N-methyl/N-ethyl adjacent to an activating group) is 1. The second-order valence-corrected chi connectivity index (χ2v) is 8.97. The van der Waals surface area contributed by atoms with E-state index in [-0.39, 0.29) is 12.6 Å². The molecular weight excluding hydrogens is 430 g/mol. The van der Waals surface area contributed by atoms with E-state index >= 15 is 0 Å². The first-order valence-corrected chi connectivity index (χ1v) is 12.0. The number of urea groups is 1. The van der Waals surface area contributed by atoms with E-state index in [2.05, 4.69) is 17.1 Å². The van der Waals surface area contributed by atoms with Gasteiger partial charge in [0.2, 0.25) is 0 Å². The molecule has 2 aliphatic rings. The Morgan fingerprint density at radius 3 is 2.47 bits per heavy atom. The normalized spacial score (nSPS) is 19.7. The number of amides is 2. The smallest absolute Gasteiger partial charge is 0.338 e. The van der Waals surface area contributed by atoms with Gasteiger partial charge in [-0.1, -0.05) is 37.3 Å². The molecule has 1 saturated heterocycles. The van der Waals surface area contributed by atoms with Crippen molar-refractivity contribution >= 4 is 12.0 Å². The Morgan fingerprint density at radius 1 is 1.06 bits per heavy atom. The lowest BCUT2D eigenvalue weighted by molar-refractivity contribution is -0.139. The number of carbonyl (C=O) groups is 2. The Kier molecular flexibility index (Phi) is 7.53. The zero-order valence-corrected chi connectivity index (χ0v) is 20.1. The van der Waals surface area contributed by atoms with Crippen molar-refractivity contribution in [3.63, 3.8) is 0 Å². The van der Waals surface area contributed by atoms with Gasteiger partial charge in [-0.15, -0.1) is 0 Å². The summed E-state index contributed by atoms with van der Waals surface area (Å²) in [5, 5.41) is 2.99. The molecule has 2 aromatic rings. The van der Waals surface area contributed by atoms with Crippen LogP contribution < -0.4 is 10.1 Å². The fourth-order valence-electron chi connectivity index (χ4n) is 4.46. The molecule has 1 fully saturated rings. The molecule has 0 aromatic heterocycles. The molecule has 4 rings (SSSR count). The molecule has 0 radical (unpaired) electrons. The minimum absolute atomic E-state index is 0.243. The number of ether oxygens (including phenoxy) is 2. The van der Waals surface area contributed by atoms with Crippen LogP contribution in [0.25, 0.3) is 0 Å². The van der Waals surface area contributed by atoms with Crippen LogP contribution in [-0.2, 0) is 9.53 Å². The summed E-state index contributed by atoms with van der Waals surface area (Å²) in [6, 6.07) is 16.1. The first kappa shape index (κ1) is 23.8. The Morgan fingerprint density at radius 2 is 1.76 bits per heavy atom. The molecule has 2 amide bonds. The van der Waals surface area contributed by atoms with Crippen LogP contribution >= 0.6 is 0 Å². The van der Waals surface area contributed by atoms with Crippen LogP contribution in [0.2, 0.25) is 0 Å². The number of piperidine rings is 1. The van der Waals surface area contributed by atoms with E-state index < -0.39 is 12.0 Å². The number of benzene rings is 2. The van der Waals surface area contributed by atoms with Crippen LogP contribution in [0.4, 0.5) is 4.79 Å². The number of nitrogens with one attached hydrogen (secondary N) is 1. The maximum atomic E-state index is 13.2. The van der Waals surface area contributed by atoms with Crippen molar-refractivity contribution in [2.24, 2.45) is 5.92 Å². The van der Waals surface area contributed by atoms with Crippen LogP contribution in [0.5, 0.6) is 11.5 Å². The molecule has 0 unspecified atom stereocenters. The lowest BCUT2D eigenvalue weighted by atomic mass is 9.93. The van der Waals surface area contributed by atoms with E-state index in [9.17, 15) is 9.59 Å². The molecule has 2 aliphatic heterocycles. The van der Waals surface area contributed by atoms with Crippen LogP contribution in [0, 0.1) is 5.92 Å². The Hall–Kier alpha value is -3.32. The van der Waals surface area contributed by atoms with Gasteiger partial charge < -0.3 is 14.8 Å². The zero-order chi connectivity index (χ0) is 24.1. The van der Waals surface area contributed by atoms with Gasteiger partial charge in [0.05, 0.1) is 18.2 Å². The number of nitrogens with zero attached hydrogens (tertiary/aromatic N) is 2. The number of hydrogen-bond donors (Lipinski definition) is 1. The molecule has 7 heteroatoms. The Bertz CT molecular complexity index is 1040. The maximum absolute atomic E-state index is 13.2. The van der Waals surface area contributed by atoms with Crippen molar-refractivity contribution in [2.75, 3.05) is 33.3 Å². The monoisotopic (exact) mass is 463 g/mol. The number of rotatable bonds is 7. The SMILES string of the molecule is CCOC(=O)C1=C(CN2CCC(C)CC2)N(C)C(=O)N[C@H]1c1cccc(Oc2ccccc2)c1. The Labute approximate surface area is 201 Å². The van der Waals surface area contributed by atoms with Gasteiger partial charge in [-0.2, -0.15) is 0 Å². The van der Waals surface area contributed by atoms with Crippen LogP contribution in [0.3, 0.4) is 0 Å². The number of carbonyl (C=O) groups excluding carboxylic acids is 2. The molecule has 0 spiro atoms. The Balaban J connectivity index is 1.69. The molecule has 180 valence electrons. The summed E-state index contributed by atoms with van der Waals surface area (Å²) >= 11 is 0. The van der Waals surface area contributed by atoms with Crippen molar-refractivity contribution < 1.29 is 19.1 Å². The van der Waals surface area contributed by atoms with E-state index in [1.807, 2.05) is 54.6 Å². The second-order valence-electron chi connectivity index (χ2n) is 8.97. The third-order valence-electron chi connectivity index (χ3n) is 6.49. The standard InChI is InChI=1S/C27H33N3O4/c1-4-33-26(31)24-23(18-30-15-13-19(2)14-16-30)29(3)27(32)28-25(24)20-9-8-12-22(17-20)34-21-10-6-5-7-11-21/h5-12,17,19,25H,4,13-16,18H2,1-3H3,(H,28,32)/t25-/m0/s1. The first-order valence-electron chi connectivity index (χ1n) is 12.0. The van der Waals surface area contributed by atoms with E-state index in [4.69, 9.17) is 9.47 Å². The summed E-state index contributed by atoms with van der Waals surface area (Å²) in [5.74, 6) is 1.64. The van der Waals surface area contributed by atoms with Crippen LogP contribution in [0.1, 0.15) is 38.3 Å². The van der Waals surface area contributed by atoms with E-state index in [0.29, 0.717) is 35.2 Å². The van der Waals surface area contributed by atoms with Crippen molar-refractivity contribution in [3.8, 4) is 11.5 Å². The summed E-state index contributed by atoms with van der Waals surface area (Å²) < 4.78 is 11.5. The van der Waals surface area contributed by atoms with Gasteiger partial charge in [0.15, 0.2) is 0 Å². The van der Waals surface area contributed by atoms with Crippen LogP contribution in [-0.4, -0.2) is 55.1 Å². The van der Waals surface area contributed by atoms with Gasteiger partial charge in [-0.25, -0.2) is 9.59 Å². The lowest BCUT2D eigenvalue weighted by Gasteiger charge is -2.38. The lowest BCUT2D eigenvalue weighted by Crippen LogP contribution is -2.50. The molecule has 1 N–H and O–H groups in total. The second kappa shape index (κ2) is 10.7. The highest BCUT2D eigenvalue weighted by Crippen LogP contribution is 2.34. The highest BCUT2D eigenvalue weighted by molar-refractivity contribution is 5.95. The third kappa shape index (κ3) is 5.42. The van der Waals surface area contributed by atoms with Crippen molar-refractivity contribution in [2.45, 2.75) is 32.7 Å². The predicted octanol–water partition coefficient (Wildman–Crippen LogP) is 4.72. The maximum Gasteiger partial charge on any atom is 0.338 e. The summed E-state index contributed by atoms with van der Waals surface area (Å²) in [5.41, 5.74) is 1.93. The molecule has 1 atom stereocenters. The fraction of sp³-hybridized carbons (Fsp3) is 0.407. The summed E-state index contributed by atoms with van der Waals surface area (Å²) in [4.78, 5) is 30.0. The number of hydrogen-bond acceptors (Lipinski definition) is 5. The highest BCUT2D eigenvalue weighted by Gasteiger charge is 2.37. The van der Waals surface area contributed by atoms with Gasteiger partial charge >= 0.3 is 12.0 Å². The topological polar surface area (TPSA) is 71.1 Å². The first-order chi connectivity index (χ1) is 16.5. The molecular formula is C27H33N3O4. The summed E-state index contributed by atoms with van der Waals surface area (Å²) in [6.07, 6.45) is 2.22. The van der Waals surface area contributed by atoms with Gasteiger partial charge in [-0.3, -0.25) is 9.80 Å². The van der Waals surface area contributed by atoms with Gasteiger partial charge in [0, 0.05) is 19.3 Å². The molecule has 34 heavy (non-hydrogen) atoms. The van der Waals surface area contributed by atoms with Gasteiger partial charge in [0.1, 0.15) is 11.5 Å². The molecule has 0 saturated carbocycles. The average molecular weight is 464 g/mol. The van der Waals surface area contributed by atoms with Crippen LogP contribution in [0.15, 0.2) is 65.9 Å².